The number of ether oxygens (including phenoxy) is 1. The summed E-state index contributed by atoms with van der Waals surface area (Å²) in [7, 11) is 1.00. The van der Waals surface area contributed by atoms with Gasteiger partial charge in [0.1, 0.15) is 29.5 Å². The van der Waals surface area contributed by atoms with Crippen LogP contribution in [0.4, 0.5) is 17.6 Å². The summed E-state index contributed by atoms with van der Waals surface area (Å²) in [5.41, 5.74) is 0.949. The number of carbonyl (C=O) groups is 1. The Morgan fingerprint density at radius 3 is 2.59 bits per heavy atom. The second-order valence-electron chi connectivity index (χ2n) is 8.48. The van der Waals surface area contributed by atoms with Crippen LogP contribution in [0.15, 0.2) is 54.7 Å². The van der Waals surface area contributed by atoms with Crippen molar-refractivity contribution in [2.24, 2.45) is 0 Å². The van der Waals surface area contributed by atoms with Gasteiger partial charge in [0, 0.05) is 37.1 Å². The summed E-state index contributed by atoms with van der Waals surface area (Å²) in [5, 5.41) is 13.9. The van der Waals surface area contributed by atoms with Crippen molar-refractivity contribution in [3.8, 4) is 22.9 Å². The number of nitrogens with one attached hydrogen (secondary N) is 2. The second kappa shape index (κ2) is 11.9. The zero-order chi connectivity index (χ0) is 28.1. The van der Waals surface area contributed by atoms with Gasteiger partial charge >= 0.3 is 0 Å². The molecule has 0 aliphatic rings. The molecule has 0 saturated carbocycles. The van der Waals surface area contributed by atoms with Gasteiger partial charge in [0.15, 0.2) is 23.2 Å². The van der Waals surface area contributed by atoms with Gasteiger partial charge in [0.25, 0.3) is 0 Å². The van der Waals surface area contributed by atoms with Crippen LogP contribution in [0.5, 0.6) is 11.5 Å². The molecule has 0 aliphatic carbocycles. The minimum atomic E-state index is -0.926. The zero-order valence-electron chi connectivity index (χ0n) is 20.9. The van der Waals surface area contributed by atoms with Gasteiger partial charge < -0.3 is 19.6 Å². The Morgan fingerprint density at radius 2 is 1.82 bits per heavy atom. The summed E-state index contributed by atoms with van der Waals surface area (Å²) in [6.45, 7) is 1.71. The molecule has 39 heavy (non-hydrogen) atoms. The fraction of sp³-hybridized carbons (Fsp3) is 0.179. The fourth-order valence-corrected chi connectivity index (χ4v) is 4.14. The number of aryl methyl sites for hydroxylation is 1. The average Bonchev–Trinajstić information content (AvgIpc) is 3.62. The second-order valence-corrected chi connectivity index (χ2v) is 8.48. The van der Waals surface area contributed by atoms with Crippen molar-refractivity contribution in [2.75, 3.05) is 7.11 Å². The van der Waals surface area contributed by atoms with Gasteiger partial charge in [0.05, 0.1) is 11.1 Å². The van der Waals surface area contributed by atoms with Crippen LogP contribution >= 0.6 is 0 Å². The summed E-state index contributed by atoms with van der Waals surface area (Å²) in [5.74, 6) is -3.92. The molecule has 202 valence electrons. The first kappa shape index (κ1) is 27.5. The van der Waals surface area contributed by atoms with Crippen LogP contribution in [0.3, 0.4) is 0 Å². The fourth-order valence-electron chi connectivity index (χ4n) is 4.14. The van der Waals surface area contributed by atoms with Crippen molar-refractivity contribution >= 4 is 17.2 Å². The van der Waals surface area contributed by atoms with E-state index in [-0.39, 0.29) is 46.7 Å². The van der Waals surface area contributed by atoms with E-state index in [1.165, 1.54) is 24.4 Å². The van der Waals surface area contributed by atoms with Crippen LogP contribution in [0.1, 0.15) is 36.2 Å². The standard InChI is InChI=1S/C27H20F4N4O2.CH4O/c1-14(17-6-2-4-15(23(17)30)5-3-11-36)26-33-27(35-34-26)19-12-16(7-8-20(19)28)37-25-21(29)13-22-18(24(25)31)9-10-32-22;1-2/h2,4,6-14,32H,3,5H2,1H3,(H,33,34,35);2H,1H3. The number of benzene rings is 3. The van der Waals surface area contributed by atoms with E-state index in [1.54, 1.807) is 25.1 Å². The monoisotopic (exact) mass is 540 g/mol. The van der Waals surface area contributed by atoms with Crippen LogP contribution in [0.25, 0.3) is 22.3 Å². The number of carbonyl (C=O) groups excluding carboxylic acids is 1. The number of aromatic nitrogens is 4. The molecule has 1 unspecified atom stereocenters. The van der Waals surface area contributed by atoms with Gasteiger partial charge in [-0.2, -0.15) is 5.10 Å². The van der Waals surface area contributed by atoms with Crippen molar-refractivity contribution in [3.63, 3.8) is 0 Å². The SMILES string of the molecule is CC(c1nc(-c2cc(Oc3c(F)cc4[nH]ccc4c3F)ccc2F)n[nH]1)c1cccc(CCC=O)c1F.CO. The first-order valence-corrected chi connectivity index (χ1v) is 11.9. The molecule has 0 saturated heterocycles. The number of nitrogens with zero attached hydrogens (tertiary/aromatic N) is 2. The molecule has 3 N–H and O–H groups in total. The first-order valence-electron chi connectivity index (χ1n) is 11.9. The van der Waals surface area contributed by atoms with Crippen LogP contribution in [0, 0.1) is 23.3 Å². The number of aliphatic hydroxyl groups excluding tert-OH is 1. The molecule has 0 fully saturated rings. The lowest BCUT2D eigenvalue weighted by Crippen LogP contribution is -2.04. The normalized spacial score (nSPS) is 11.7. The average molecular weight is 541 g/mol. The molecule has 5 rings (SSSR count). The molecule has 5 aromatic rings. The molecule has 0 radical (unpaired) electrons. The van der Waals surface area contributed by atoms with E-state index in [0.29, 0.717) is 11.1 Å². The molecular weight excluding hydrogens is 516 g/mol. The minimum absolute atomic E-state index is 0.0302. The van der Waals surface area contributed by atoms with Crippen molar-refractivity contribution in [2.45, 2.75) is 25.7 Å². The Labute approximate surface area is 220 Å². The number of aromatic amines is 2. The van der Waals surface area contributed by atoms with Gasteiger partial charge in [-0.25, -0.2) is 22.5 Å². The molecular formula is C28H24F4N4O3. The van der Waals surface area contributed by atoms with Gasteiger partial charge in [-0.3, -0.25) is 5.10 Å². The molecule has 0 bridgehead atoms. The summed E-state index contributed by atoms with van der Waals surface area (Å²) in [6, 6.07) is 11.0. The minimum Gasteiger partial charge on any atom is -0.451 e. The van der Waals surface area contributed by atoms with E-state index in [1.807, 2.05) is 0 Å². The van der Waals surface area contributed by atoms with E-state index in [9.17, 15) is 18.0 Å². The molecule has 2 aromatic heterocycles. The number of aliphatic hydroxyl groups is 1. The number of rotatable bonds is 8. The van der Waals surface area contributed by atoms with Crippen LogP contribution < -0.4 is 4.74 Å². The molecule has 2 heterocycles. The Balaban J connectivity index is 0.00000172. The van der Waals surface area contributed by atoms with Crippen molar-refractivity contribution < 1.29 is 32.2 Å². The zero-order valence-corrected chi connectivity index (χ0v) is 20.9. The molecule has 3 aromatic carbocycles. The van der Waals surface area contributed by atoms with Crippen molar-refractivity contribution in [1.29, 1.82) is 0 Å². The highest BCUT2D eigenvalue weighted by molar-refractivity contribution is 5.82. The molecule has 7 nitrogen and oxygen atoms in total. The van der Waals surface area contributed by atoms with Crippen LogP contribution in [-0.2, 0) is 11.2 Å². The van der Waals surface area contributed by atoms with Gasteiger partial charge in [-0.05, 0) is 41.8 Å². The highest BCUT2D eigenvalue weighted by atomic mass is 19.1. The Morgan fingerprint density at radius 1 is 1.03 bits per heavy atom. The Kier molecular flexibility index (Phi) is 8.40. The molecule has 11 heteroatoms. The third-order valence-corrected chi connectivity index (χ3v) is 6.12. The number of fused-ring (bicyclic) bond motifs is 1. The maximum atomic E-state index is 15.0. The quantitative estimate of drug-likeness (QED) is 0.161. The van der Waals surface area contributed by atoms with E-state index in [2.05, 4.69) is 20.2 Å². The lowest BCUT2D eigenvalue weighted by molar-refractivity contribution is -0.107. The van der Waals surface area contributed by atoms with E-state index in [4.69, 9.17) is 9.84 Å². The van der Waals surface area contributed by atoms with Crippen LogP contribution in [0.2, 0.25) is 0 Å². The lowest BCUT2D eigenvalue weighted by Gasteiger charge is -2.12. The van der Waals surface area contributed by atoms with E-state index < -0.39 is 34.9 Å². The highest BCUT2D eigenvalue weighted by Gasteiger charge is 2.22. The van der Waals surface area contributed by atoms with Crippen LogP contribution in [-0.4, -0.2) is 38.7 Å². The Bertz CT molecular complexity index is 1620. The van der Waals surface area contributed by atoms with Gasteiger partial charge in [0.2, 0.25) is 0 Å². The number of hydrogen-bond donors (Lipinski definition) is 3. The molecule has 0 aliphatic heterocycles. The predicted octanol–water partition coefficient (Wildman–Crippen LogP) is 6.19. The summed E-state index contributed by atoms with van der Waals surface area (Å²) >= 11 is 0. The largest absolute Gasteiger partial charge is 0.451 e. The van der Waals surface area contributed by atoms with E-state index >= 15 is 4.39 Å². The number of aldehydes is 1. The Hall–Kier alpha value is -4.51. The number of H-pyrrole nitrogens is 2. The molecule has 0 amide bonds. The summed E-state index contributed by atoms with van der Waals surface area (Å²) in [4.78, 5) is 17.7. The number of hydrogen-bond acceptors (Lipinski definition) is 5. The van der Waals surface area contributed by atoms with Crippen molar-refractivity contribution in [1.82, 2.24) is 20.2 Å². The molecule has 1 atom stereocenters. The predicted molar refractivity (Wildman–Crippen MR) is 137 cm³/mol. The molecule has 0 spiro atoms. The summed E-state index contributed by atoms with van der Waals surface area (Å²) in [6.07, 6.45) is 2.67. The van der Waals surface area contributed by atoms with E-state index in [0.717, 1.165) is 25.5 Å². The first-order chi connectivity index (χ1) is 18.9. The highest BCUT2D eigenvalue weighted by Crippen LogP contribution is 2.35. The third-order valence-electron chi connectivity index (χ3n) is 6.12. The van der Waals surface area contributed by atoms with Crippen molar-refractivity contribution in [3.05, 3.63) is 94.9 Å². The van der Waals surface area contributed by atoms with Gasteiger partial charge in [-0.15, -0.1) is 0 Å². The number of halogens is 4. The lowest BCUT2D eigenvalue weighted by atomic mass is 9.96. The third kappa shape index (κ3) is 5.53. The maximum Gasteiger partial charge on any atom is 0.199 e. The topological polar surface area (TPSA) is 104 Å². The van der Waals surface area contributed by atoms with Gasteiger partial charge in [-0.1, -0.05) is 25.1 Å². The maximum absolute atomic E-state index is 15.0. The smallest absolute Gasteiger partial charge is 0.199 e. The summed E-state index contributed by atoms with van der Waals surface area (Å²) < 4.78 is 64.4.